The maximum absolute atomic E-state index is 13.4. The number of piperidine rings is 1. The van der Waals surface area contributed by atoms with Crippen molar-refractivity contribution in [1.29, 1.82) is 0 Å². The van der Waals surface area contributed by atoms with Gasteiger partial charge in [-0.05, 0) is 23.6 Å². The number of nitrogens with zero attached hydrogens (tertiary/aromatic N) is 1. The normalized spacial score (nSPS) is 28.6. The lowest BCUT2D eigenvalue weighted by Crippen LogP contribution is -2.60. The van der Waals surface area contributed by atoms with Crippen molar-refractivity contribution in [3.05, 3.63) is 60.2 Å². The van der Waals surface area contributed by atoms with E-state index in [9.17, 15) is 14.4 Å². The highest BCUT2D eigenvalue weighted by molar-refractivity contribution is 5.95. The number of methoxy groups -OCH3 is 2. The molecule has 0 spiro atoms. The van der Waals surface area contributed by atoms with Crippen molar-refractivity contribution in [3.63, 3.8) is 0 Å². The Morgan fingerprint density at radius 1 is 1.07 bits per heavy atom. The van der Waals surface area contributed by atoms with Gasteiger partial charge in [0.1, 0.15) is 11.5 Å². The first-order valence-corrected chi connectivity index (χ1v) is 9.83. The van der Waals surface area contributed by atoms with Gasteiger partial charge in [-0.25, -0.2) is 4.79 Å². The molecule has 7 nitrogen and oxygen atoms in total. The summed E-state index contributed by atoms with van der Waals surface area (Å²) in [4.78, 5) is 41.3. The summed E-state index contributed by atoms with van der Waals surface area (Å²) < 4.78 is 15.6. The van der Waals surface area contributed by atoms with Crippen LogP contribution in [0.5, 0.6) is 0 Å². The molecule has 2 fully saturated rings. The molecule has 0 unspecified atom stereocenters. The topological polar surface area (TPSA) is 82.1 Å². The molecular formula is C23H27NO6. The maximum atomic E-state index is 13.4. The van der Waals surface area contributed by atoms with E-state index in [1.165, 1.54) is 14.2 Å². The van der Waals surface area contributed by atoms with Gasteiger partial charge >= 0.3 is 17.9 Å². The molecule has 2 aliphatic heterocycles. The predicted molar refractivity (Wildman–Crippen MR) is 109 cm³/mol. The van der Waals surface area contributed by atoms with Crippen molar-refractivity contribution in [1.82, 2.24) is 4.90 Å². The van der Waals surface area contributed by atoms with Crippen molar-refractivity contribution >= 4 is 17.9 Å². The van der Waals surface area contributed by atoms with Gasteiger partial charge in [0.05, 0.1) is 32.8 Å². The Labute approximate surface area is 176 Å². The minimum Gasteiger partial charge on any atom is -0.469 e. The number of esters is 3. The lowest BCUT2D eigenvalue weighted by Gasteiger charge is -2.45. The van der Waals surface area contributed by atoms with Crippen LogP contribution in [0.3, 0.4) is 0 Å². The molecule has 1 aromatic carbocycles. The standard InChI is InChI=1S/C23H27NO6/c1-6-30-22(27)23-12-14(2)15(3)13-24(23)19(16-10-8-7-9-11-16)17(20(25)28-4)18(23)21(26)29-5/h7-11,17-19H,2-3,6,12-13H2,1,4-5H3/t17-,18-,19-,23-/m1/s1. The van der Waals surface area contributed by atoms with Crippen molar-refractivity contribution < 1.29 is 28.6 Å². The molecule has 30 heavy (non-hydrogen) atoms. The fourth-order valence-corrected chi connectivity index (χ4v) is 4.80. The van der Waals surface area contributed by atoms with Gasteiger partial charge in [-0.3, -0.25) is 14.5 Å². The van der Waals surface area contributed by atoms with Crippen LogP contribution in [0.25, 0.3) is 0 Å². The van der Waals surface area contributed by atoms with Crippen LogP contribution in [0, 0.1) is 11.8 Å². The zero-order chi connectivity index (χ0) is 22.1. The molecule has 160 valence electrons. The number of benzene rings is 1. The third-order valence-corrected chi connectivity index (χ3v) is 6.10. The van der Waals surface area contributed by atoms with Crippen LogP contribution in [-0.4, -0.2) is 55.7 Å². The van der Waals surface area contributed by atoms with Crippen LogP contribution in [0.4, 0.5) is 0 Å². The molecule has 0 aliphatic carbocycles. The van der Waals surface area contributed by atoms with Crippen molar-refractivity contribution in [2.75, 3.05) is 27.4 Å². The molecule has 3 rings (SSSR count). The highest BCUT2D eigenvalue weighted by Gasteiger charge is 2.70. The van der Waals surface area contributed by atoms with Crippen LogP contribution >= 0.6 is 0 Å². The van der Waals surface area contributed by atoms with Gasteiger partial charge in [-0.1, -0.05) is 43.5 Å². The Balaban J connectivity index is 2.31. The van der Waals surface area contributed by atoms with E-state index in [2.05, 4.69) is 13.2 Å². The second-order valence-electron chi connectivity index (χ2n) is 7.56. The third kappa shape index (κ3) is 3.23. The van der Waals surface area contributed by atoms with E-state index >= 15 is 0 Å². The van der Waals surface area contributed by atoms with Gasteiger partial charge in [0.2, 0.25) is 0 Å². The Morgan fingerprint density at radius 3 is 2.27 bits per heavy atom. The Morgan fingerprint density at radius 2 is 1.70 bits per heavy atom. The number of rotatable bonds is 5. The van der Waals surface area contributed by atoms with Crippen molar-refractivity contribution in [2.45, 2.75) is 24.9 Å². The summed E-state index contributed by atoms with van der Waals surface area (Å²) in [5.41, 5.74) is 0.726. The Kier molecular flexibility index (Phi) is 6.12. The van der Waals surface area contributed by atoms with Crippen LogP contribution < -0.4 is 0 Å². The molecular weight excluding hydrogens is 386 g/mol. The quantitative estimate of drug-likeness (QED) is 0.542. The van der Waals surface area contributed by atoms with Gasteiger partial charge < -0.3 is 14.2 Å². The number of fused-ring (bicyclic) bond motifs is 1. The Hall–Kier alpha value is -2.93. The van der Waals surface area contributed by atoms with Gasteiger partial charge in [-0.15, -0.1) is 0 Å². The zero-order valence-corrected chi connectivity index (χ0v) is 17.6. The van der Waals surface area contributed by atoms with Gasteiger partial charge in [0.25, 0.3) is 0 Å². The van der Waals surface area contributed by atoms with Crippen LogP contribution in [0.15, 0.2) is 54.6 Å². The summed E-state index contributed by atoms with van der Waals surface area (Å²) in [6.07, 6.45) is 0.112. The molecule has 2 saturated heterocycles. The monoisotopic (exact) mass is 413 g/mol. The van der Waals surface area contributed by atoms with Crippen molar-refractivity contribution in [3.8, 4) is 0 Å². The largest absolute Gasteiger partial charge is 0.469 e. The average molecular weight is 413 g/mol. The fraction of sp³-hybridized carbons (Fsp3) is 0.435. The second kappa shape index (κ2) is 8.44. The van der Waals surface area contributed by atoms with Gasteiger partial charge in [-0.2, -0.15) is 0 Å². The van der Waals surface area contributed by atoms with E-state index in [-0.39, 0.29) is 19.6 Å². The number of hydrogen-bond donors (Lipinski definition) is 0. The number of hydrogen-bond acceptors (Lipinski definition) is 7. The molecule has 2 aliphatic rings. The highest BCUT2D eigenvalue weighted by atomic mass is 16.5. The Bertz CT molecular complexity index is 879. The molecule has 0 aromatic heterocycles. The first-order chi connectivity index (χ1) is 14.3. The molecule has 4 atom stereocenters. The van der Waals surface area contributed by atoms with Crippen molar-refractivity contribution in [2.24, 2.45) is 11.8 Å². The van der Waals surface area contributed by atoms with Crippen LogP contribution in [-0.2, 0) is 28.6 Å². The van der Waals surface area contributed by atoms with Gasteiger partial charge in [0, 0.05) is 13.0 Å². The number of carbonyl (C=O) groups is 3. The average Bonchev–Trinajstić information content (AvgIpc) is 3.04. The van der Waals surface area contributed by atoms with E-state index in [0.29, 0.717) is 5.57 Å². The van der Waals surface area contributed by atoms with E-state index in [1.807, 2.05) is 35.2 Å². The van der Waals surface area contributed by atoms with Crippen LogP contribution in [0.2, 0.25) is 0 Å². The summed E-state index contributed by atoms with van der Waals surface area (Å²) in [5.74, 6) is -3.92. The van der Waals surface area contributed by atoms with Crippen LogP contribution in [0.1, 0.15) is 24.9 Å². The summed E-state index contributed by atoms with van der Waals surface area (Å²) in [5, 5.41) is 0. The molecule has 0 saturated carbocycles. The minimum atomic E-state index is -1.44. The SMILES string of the molecule is C=C1CN2[C@H](c3ccccc3)[C@H](C(=O)OC)[C@H](C(=O)OC)[C@@]2(C(=O)OCC)CC1=C. The first-order valence-electron chi connectivity index (χ1n) is 9.83. The predicted octanol–water partition coefficient (Wildman–Crippen LogP) is 2.44. The summed E-state index contributed by atoms with van der Waals surface area (Å²) in [6, 6.07) is 8.68. The molecule has 7 heteroatoms. The lowest BCUT2D eigenvalue weighted by atomic mass is 9.72. The molecule has 2 heterocycles. The van der Waals surface area contributed by atoms with E-state index < -0.39 is 41.3 Å². The third-order valence-electron chi connectivity index (χ3n) is 6.10. The molecule has 0 amide bonds. The molecule has 0 N–H and O–H groups in total. The van der Waals surface area contributed by atoms with Gasteiger partial charge in [0.15, 0.2) is 0 Å². The van der Waals surface area contributed by atoms with E-state index in [0.717, 1.165) is 11.1 Å². The maximum Gasteiger partial charge on any atom is 0.327 e. The molecule has 0 bridgehead atoms. The fourth-order valence-electron chi connectivity index (χ4n) is 4.80. The zero-order valence-electron chi connectivity index (χ0n) is 17.6. The molecule has 1 aromatic rings. The smallest absolute Gasteiger partial charge is 0.327 e. The number of carbonyl (C=O) groups excluding carboxylic acids is 3. The highest BCUT2D eigenvalue weighted by Crippen LogP contribution is 2.57. The number of ether oxygens (including phenoxy) is 3. The summed E-state index contributed by atoms with van der Waals surface area (Å²) >= 11 is 0. The minimum absolute atomic E-state index is 0.112. The summed E-state index contributed by atoms with van der Waals surface area (Å²) in [7, 11) is 2.51. The summed E-state index contributed by atoms with van der Waals surface area (Å²) in [6.45, 7) is 10.2. The van der Waals surface area contributed by atoms with E-state index in [1.54, 1.807) is 6.92 Å². The lowest BCUT2D eigenvalue weighted by molar-refractivity contribution is -0.169. The van der Waals surface area contributed by atoms with E-state index in [4.69, 9.17) is 14.2 Å². The first kappa shape index (κ1) is 21.8. The molecule has 0 radical (unpaired) electrons. The second-order valence-corrected chi connectivity index (χ2v) is 7.56.